The summed E-state index contributed by atoms with van der Waals surface area (Å²) in [4.78, 5) is 23.2. The van der Waals surface area contributed by atoms with E-state index in [1.807, 2.05) is 0 Å². The molecule has 0 spiro atoms. The van der Waals surface area contributed by atoms with Crippen LogP contribution < -0.4 is 14.9 Å². The Morgan fingerprint density at radius 1 is 0.962 bits per heavy atom. The van der Waals surface area contributed by atoms with Gasteiger partial charge in [-0.1, -0.05) is 0 Å². The van der Waals surface area contributed by atoms with Crippen LogP contribution in [0.1, 0.15) is 6.92 Å². The first kappa shape index (κ1) is 19.4. The van der Waals surface area contributed by atoms with E-state index in [2.05, 4.69) is 10.6 Å². The summed E-state index contributed by atoms with van der Waals surface area (Å²) in [6.07, 6.45) is 0.986. The van der Waals surface area contributed by atoms with Crippen LogP contribution in [0.4, 0.5) is 21.5 Å². The number of benzene rings is 2. The minimum absolute atomic E-state index is 0.253. The van der Waals surface area contributed by atoms with Gasteiger partial charge in [-0.15, -0.1) is 0 Å². The second kappa shape index (κ2) is 7.96. The third kappa shape index (κ3) is 5.55. The van der Waals surface area contributed by atoms with E-state index in [1.165, 1.54) is 55.5 Å². The molecule has 138 valence electrons. The van der Waals surface area contributed by atoms with Gasteiger partial charge in [0.05, 0.1) is 11.9 Å². The molecule has 0 bridgehead atoms. The summed E-state index contributed by atoms with van der Waals surface area (Å²) < 4.78 is 37.9. The van der Waals surface area contributed by atoms with Crippen LogP contribution in [0, 0.1) is 5.82 Å². The van der Waals surface area contributed by atoms with Crippen molar-refractivity contribution in [1.82, 2.24) is 0 Å². The minimum atomic E-state index is -3.72. The fraction of sp³-hybridized carbons (Fsp3) is 0.176. The van der Waals surface area contributed by atoms with Crippen molar-refractivity contribution in [3.05, 3.63) is 54.3 Å². The number of nitrogens with zero attached hydrogens (tertiary/aromatic N) is 1. The number of carbonyl (C=O) groups excluding carboxylic acids is 2. The van der Waals surface area contributed by atoms with Crippen molar-refractivity contribution >= 4 is 38.9 Å². The van der Waals surface area contributed by atoms with Crippen molar-refractivity contribution in [2.24, 2.45) is 0 Å². The maximum atomic E-state index is 12.9. The van der Waals surface area contributed by atoms with Gasteiger partial charge in [-0.3, -0.25) is 13.9 Å². The standard InChI is InChI=1S/C17H18FN3O4S/c1-12(22)19-14-7-9-16(10-8-14)21(26(2,24)25)11-17(23)20-15-5-3-13(18)4-6-15/h3-10H,11H2,1-2H3,(H,19,22)(H,20,23). The summed E-state index contributed by atoms with van der Waals surface area (Å²) in [6, 6.07) is 11.2. The highest BCUT2D eigenvalue weighted by Crippen LogP contribution is 2.20. The first-order valence-electron chi connectivity index (χ1n) is 7.56. The van der Waals surface area contributed by atoms with Gasteiger partial charge in [0.2, 0.25) is 21.8 Å². The fourth-order valence-corrected chi connectivity index (χ4v) is 3.03. The van der Waals surface area contributed by atoms with Gasteiger partial charge in [0.1, 0.15) is 12.4 Å². The van der Waals surface area contributed by atoms with Crippen molar-refractivity contribution in [3.8, 4) is 0 Å². The van der Waals surface area contributed by atoms with Crippen molar-refractivity contribution in [3.63, 3.8) is 0 Å². The lowest BCUT2D eigenvalue weighted by molar-refractivity contribution is -0.115. The zero-order valence-electron chi connectivity index (χ0n) is 14.2. The molecule has 2 N–H and O–H groups in total. The normalized spacial score (nSPS) is 10.9. The summed E-state index contributed by atoms with van der Waals surface area (Å²) in [7, 11) is -3.72. The van der Waals surface area contributed by atoms with Gasteiger partial charge in [0, 0.05) is 18.3 Å². The number of rotatable bonds is 6. The number of hydrogen-bond acceptors (Lipinski definition) is 4. The number of hydrogen-bond donors (Lipinski definition) is 2. The molecular weight excluding hydrogens is 361 g/mol. The molecule has 2 aromatic carbocycles. The number of sulfonamides is 1. The second-order valence-electron chi connectivity index (χ2n) is 5.55. The third-order valence-corrected chi connectivity index (χ3v) is 4.43. The molecule has 0 saturated heterocycles. The molecule has 2 rings (SSSR count). The van der Waals surface area contributed by atoms with E-state index in [4.69, 9.17) is 0 Å². The largest absolute Gasteiger partial charge is 0.326 e. The lowest BCUT2D eigenvalue weighted by Crippen LogP contribution is -2.37. The molecular formula is C17H18FN3O4S. The number of amides is 2. The molecule has 2 amide bonds. The maximum absolute atomic E-state index is 12.9. The van der Waals surface area contributed by atoms with E-state index < -0.39 is 28.3 Å². The molecule has 26 heavy (non-hydrogen) atoms. The zero-order valence-corrected chi connectivity index (χ0v) is 15.0. The van der Waals surface area contributed by atoms with E-state index in [0.29, 0.717) is 11.4 Å². The molecule has 7 nitrogen and oxygen atoms in total. The SMILES string of the molecule is CC(=O)Nc1ccc(N(CC(=O)Nc2ccc(F)cc2)S(C)(=O)=O)cc1. The summed E-state index contributed by atoms with van der Waals surface area (Å²) in [5.74, 6) is -1.27. The molecule has 2 aromatic rings. The molecule has 0 aliphatic heterocycles. The Morgan fingerprint density at radius 2 is 1.46 bits per heavy atom. The Bertz CT molecular complexity index is 897. The lowest BCUT2D eigenvalue weighted by Gasteiger charge is -2.22. The maximum Gasteiger partial charge on any atom is 0.245 e. The summed E-state index contributed by atoms with van der Waals surface area (Å²) >= 11 is 0. The van der Waals surface area contributed by atoms with Crippen LogP contribution in [0.5, 0.6) is 0 Å². The Morgan fingerprint density at radius 3 is 1.96 bits per heavy atom. The van der Waals surface area contributed by atoms with E-state index in [0.717, 1.165) is 10.6 Å². The van der Waals surface area contributed by atoms with Crippen LogP contribution in [0.15, 0.2) is 48.5 Å². The van der Waals surface area contributed by atoms with Gasteiger partial charge in [-0.05, 0) is 48.5 Å². The quantitative estimate of drug-likeness (QED) is 0.804. The van der Waals surface area contributed by atoms with Crippen molar-refractivity contribution in [2.75, 3.05) is 27.7 Å². The molecule has 0 aromatic heterocycles. The van der Waals surface area contributed by atoms with Crippen LogP contribution in [0.25, 0.3) is 0 Å². The van der Waals surface area contributed by atoms with Crippen LogP contribution in [-0.4, -0.2) is 33.0 Å². The van der Waals surface area contributed by atoms with Gasteiger partial charge < -0.3 is 10.6 Å². The summed E-state index contributed by atoms with van der Waals surface area (Å²) in [5.41, 5.74) is 1.13. The smallest absolute Gasteiger partial charge is 0.245 e. The van der Waals surface area contributed by atoms with Crippen LogP contribution in [0.3, 0.4) is 0 Å². The molecule has 0 heterocycles. The number of anilines is 3. The summed E-state index contributed by atoms with van der Waals surface area (Å²) in [6.45, 7) is 0.909. The molecule has 0 aliphatic rings. The number of nitrogens with one attached hydrogen (secondary N) is 2. The zero-order chi connectivity index (χ0) is 19.3. The Labute approximate surface area is 150 Å². The molecule has 0 saturated carbocycles. The van der Waals surface area contributed by atoms with Gasteiger partial charge in [0.15, 0.2) is 0 Å². The molecule has 0 radical (unpaired) electrons. The van der Waals surface area contributed by atoms with Crippen LogP contribution in [0.2, 0.25) is 0 Å². The molecule has 0 unspecified atom stereocenters. The highest BCUT2D eigenvalue weighted by molar-refractivity contribution is 7.92. The second-order valence-corrected chi connectivity index (χ2v) is 7.46. The van der Waals surface area contributed by atoms with Crippen molar-refractivity contribution in [1.29, 1.82) is 0 Å². The first-order valence-corrected chi connectivity index (χ1v) is 9.41. The topological polar surface area (TPSA) is 95.6 Å². The van der Waals surface area contributed by atoms with E-state index in [9.17, 15) is 22.4 Å². The van der Waals surface area contributed by atoms with Crippen molar-refractivity contribution < 1.29 is 22.4 Å². The molecule has 0 fully saturated rings. The first-order chi connectivity index (χ1) is 12.1. The van der Waals surface area contributed by atoms with Crippen molar-refractivity contribution in [2.45, 2.75) is 6.92 Å². The number of halogens is 1. The van der Waals surface area contributed by atoms with E-state index >= 15 is 0 Å². The monoisotopic (exact) mass is 379 g/mol. The predicted molar refractivity (Wildman–Crippen MR) is 98.0 cm³/mol. The van der Waals surface area contributed by atoms with Crippen LogP contribution >= 0.6 is 0 Å². The van der Waals surface area contributed by atoms with Gasteiger partial charge in [0.25, 0.3) is 0 Å². The summed E-state index contributed by atoms with van der Waals surface area (Å²) in [5, 5.41) is 5.08. The minimum Gasteiger partial charge on any atom is -0.326 e. The van der Waals surface area contributed by atoms with Gasteiger partial charge in [-0.2, -0.15) is 0 Å². The third-order valence-electron chi connectivity index (χ3n) is 3.29. The van der Waals surface area contributed by atoms with E-state index in [-0.39, 0.29) is 11.6 Å². The van der Waals surface area contributed by atoms with E-state index in [1.54, 1.807) is 0 Å². The number of carbonyl (C=O) groups is 2. The molecule has 9 heteroatoms. The average Bonchev–Trinajstić information content (AvgIpc) is 2.54. The Balaban J connectivity index is 2.16. The van der Waals surface area contributed by atoms with Crippen LogP contribution in [-0.2, 0) is 19.6 Å². The lowest BCUT2D eigenvalue weighted by atomic mass is 10.2. The molecule has 0 aliphatic carbocycles. The highest BCUT2D eigenvalue weighted by atomic mass is 32.2. The fourth-order valence-electron chi connectivity index (χ4n) is 2.18. The highest BCUT2D eigenvalue weighted by Gasteiger charge is 2.21. The Hall–Kier alpha value is -2.94. The predicted octanol–water partition coefficient (Wildman–Crippen LogP) is 2.19. The van der Waals surface area contributed by atoms with Gasteiger partial charge >= 0.3 is 0 Å². The Kier molecular flexibility index (Phi) is 5.93. The average molecular weight is 379 g/mol. The van der Waals surface area contributed by atoms with Gasteiger partial charge in [-0.25, -0.2) is 12.8 Å². The molecule has 0 atom stereocenters.